The van der Waals surface area contributed by atoms with Gasteiger partial charge in [0.2, 0.25) is 11.8 Å². The summed E-state index contributed by atoms with van der Waals surface area (Å²) in [6.45, 7) is 4.33. The number of benzene rings is 1. The van der Waals surface area contributed by atoms with E-state index >= 15 is 0 Å². The van der Waals surface area contributed by atoms with Crippen LogP contribution in [-0.2, 0) is 9.59 Å². The van der Waals surface area contributed by atoms with Crippen LogP contribution in [-0.4, -0.2) is 52.1 Å². The zero-order valence-electron chi connectivity index (χ0n) is 15.5. The Kier molecular flexibility index (Phi) is 6.01. The number of amides is 2. The summed E-state index contributed by atoms with van der Waals surface area (Å²) < 4.78 is 0. The first kappa shape index (κ1) is 19.6. The second-order valence-electron chi connectivity index (χ2n) is 6.47. The molecule has 0 N–H and O–H groups in total. The number of aryl methyl sites for hydroxylation is 2. The number of likely N-dealkylation sites (N-methyl/N-ethyl adjacent to an activating group) is 1. The van der Waals surface area contributed by atoms with Crippen LogP contribution in [0.1, 0.15) is 17.8 Å². The molecule has 1 fully saturated rings. The number of nitrogens with zero attached hydrogens (tertiary/aromatic N) is 4. The minimum atomic E-state index is -0.477. The van der Waals surface area contributed by atoms with Crippen molar-refractivity contribution in [2.75, 3.05) is 24.2 Å². The summed E-state index contributed by atoms with van der Waals surface area (Å²) in [6.07, 6.45) is 0.580. The molecule has 27 heavy (non-hydrogen) atoms. The maximum atomic E-state index is 12.8. The van der Waals surface area contributed by atoms with Crippen molar-refractivity contribution in [1.82, 2.24) is 14.9 Å². The number of halogens is 1. The molecule has 142 valence electrons. The Morgan fingerprint density at radius 1 is 1.30 bits per heavy atom. The Bertz CT molecular complexity index is 856. The quantitative estimate of drug-likeness (QED) is 0.565. The molecule has 1 aromatic heterocycles. The van der Waals surface area contributed by atoms with Crippen LogP contribution < -0.4 is 4.90 Å². The lowest BCUT2D eigenvalue weighted by Gasteiger charge is -2.24. The van der Waals surface area contributed by atoms with Crippen LogP contribution in [0.3, 0.4) is 0 Å². The van der Waals surface area contributed by atoms with E-state index in [2.05, 4.69) is 9.97 Å². The van der Waals surface area contributed by atoms with Gasteiger partial charge in [0.1, 0.15) is 6.04 Å². The molecule has 1 aliphatic rings. The summed E-state index contributed by atoms with van der Waals surface area (Å²) in [5, 5.41) is 1.10. The average molecular weight is 405 g/mol. The summed E-state index contributed by atoms with van der Waals surface area (Å²) in [6, 6.07) is 8.65. The molecule has 1 aliphatic heterocycles. The Labute approximate surface area is 167 Å². The molecule has 1 aromatic carbocycles. The van der Waals surface area contributed by atoms with E-state index in [-0.39, 0.29) is 17.6 Å². The van der Waals surface area contributed by atoms with Crippen molar-refractivity contribution < 1.29 is 9.59 Å². The maximum absolute atomic E-state index is 12.8. The molecule has 0 spiro atoms. The van der Waals surface area contributed by atoms with Gasteiger partial charge in [0.15, 0.2) is 5.16 Å². The topological polar surface area (TPSA) is 66.4 Å². The fraction of sp³-hybridized carbons (Fsp3) is 0.368. The summed E-state index contributed by atoms with van der Waals surface area (Å²) >= 11 is 7.50. The predicted molar refractivity (Wildman–Crippen MR) is 107 cm³/mol. The standard InChI is InChI=1S/C19H21ClN4O2S/c1-12-10-13(2)22-19(21-12)27-11-17(25)23(3)16-8-9-24(18(16)26)15-7-5-4-6-14(15)20/h4-7,10,16H,8-9,11H2,1-3H3. The number of hydrogen-bond acceptors (Lipinski definition) is 5. The number of thioether (sulfide) groups is 1. The summed E-state index contributed by atoms with van der Waals surface area (Å²) in [5.74, 6) is -0.0383. The molecule has 1 saturated heterocycles. The molecule has 6 nitrogen and oxygen atoms in total. The molecule has 3 rings (SSSR count). The predicted octanol–water partition coefficient (Wildman–Crippen LogP) is 3.10. The lowest BCUT2D eigenvalue weighted by atomic mass is 10.2. The van der Waals surface area contributed by atoms with Crippen LogP contribution in [0.4, 0.5) is 5.69 Å². The van der Waals surface area contributed by atoms with Gasteiger partial charge >= 0.3 is 0 Å². The normalized spacial score (nSPS) is 16.7. The third-order valence-electron chi connectivity index (χ3n) is 4.47. The third kappa shape index (κ3) is 4.42. The second-order valence-corrected chi connectivity index (χ2v) is 7.82. The van der Waals surface area contributed by atoms with E-state index in [0.717, 1.165) is 11.4 Å². The van der Waals surface area contributed by atoms with E-state index in [1.807, 2.05) is 38.1 Å². The van der Waals surface area contributed by atoms with E-state index in [1.165, 1.54) is 16.7 Å². The summed E-state index contributed by atoms with van der Waals surface area (Å²) in [5.41, 5.74) is 2.42. The monoisotopic (exact) mass is 404 g/mol. The highest BCUT2D eigenvalue weighted by Gasteiger charge is 2.37. The van der Waals surface area contributed by atoms with Gasteiger partial charge in [0.05, 0.1) is 16.5 Å². The van der Waals surface area contributed by atoms with Crippen molar-refractivity contribution in [3.63, 3.8) is 0 Å². The Morgan fingerprint density at radius 2 is 1.96 bits per heavy atom. The van der Waals surface area contributed by atoms with Gasteiger partial charge in [-0.1, -0.05) is 35.5 Å². The van der Waals surface area contributed by atoms with Crippen LogP contribution >= 0.6 is 23.4 Å². The smallest absolute Gasteiger partial charge is 0.249 e. The van der Waals surface area contributed by atoms with Crippen LogP contribution in [0, 0.1) is 13.8 Å². The molecule has 2 aromatic rings. The van der Waals surface area contributed by atoms with E-state index in [4.69, 9.17) is 11.6 Å². The van der Waals surface area contributed by atoms with Gasteiger partial charge in [-0.25, -0.2) is 9.97 Å². The zero-order valence-corrected chi connectivity index (χ0v) is 17.0. The molecular formula is C19H21ClN4O2S. The average Bonchev–Trinajstić information content (AvgIpc) is 3.00. The number of carbonyl (C=O) groups is 2. The minimum absolute atomic E-state index is 0.105. The summed E-state index contributed by atoms with van der Waals surface area (Å²) in [4.78, 5) is 37.2. The lowest BCUT2D eigenvalue weighted by molar-refractivity contribution is -0.134. The Balaban J connectivity index is 1.63. The van der Waals surface area contributed by atoms with Crippen molar-refractivity contribution in [2.45, 2.75) is 31.5 Å². The molecule has 1 atom stereocenters. The van der Waals surface area contributed by atoms with Crippen molar-refractivity contribution in [2.24, 2.45) is 0 Å². The number of anilines is 1. The number of rotatable bonds is 5. The van der Waals surface area contributed by atoms with Gasteiger partial charge in [-0.3, -0.25) is 9.59 Å². The molecular weight excluding hydrogens is 384 g/mol. The van der Waals surface area contributed by atoms with Gasteiger partial charge in [0.25, 0.3) is 0 Å². The fourth-order valence-electron chi connectivity index (χ4n) is 3.09. The first-order chi connectivity index (χ1) is 12.9. The number of carbonyl (C=O) groups excluding carboxylic acids is 2. The minimum Gasteiger partial charge on any atom is -0.333 e. The summed E-state index contributed by atoms with van der Waals surface area (Å²) in [7, 11) is 1.67. The first-order valence-corrected chi connectivity index (χ1v) is 10.00. The van der Waals surface area contributed by atoms with Gasteiger partial charge in [0, 0.05) is 25.0 Å². The molecule has 8 heteroatoms. The molecule has 0 radical (unpaired) electrons. The van der Waals surface area contributed by atoms with E-state index in [0.29, 0.717) is 28.8 Å². The maximum Gasteiger partial charge on any atom is 0.249 e. The van der Waals surface area contributed by atoms with E-state index in [9.17, 15) is 9.59 Å². The zero-order chi connectivity index (χ0) is 19.6. The molecule has 0 saturated carbocycles. The van der Waals surface area contributed by atoms with Crippen LogP contribution in [0.25, 0.3) is 0 Å². The van der Waals surface area contributed by atoms with Gasteiger partial charge in [-0.2, -0.15) is 0 Å². The van der Waals surface area contributed by atoms with E-state index in [1.54, 1.807) is 18.0 Å². The van der Waals surface area contributed by atoms with Gasteiger partial charge in [-0.05, 0) is 38.5 Å². The van der Waals surface area contributed by atoms with Crippen molar-refractivity contribution >= 4 is 40.9 Å². The fourth-order valence-corrected chi connectivity index (χ4v) is 4.21. The van der Waals surface area contributed by atoms with Crippen LogP contribution in [0.5, 0.6) is 0 Å². The molecule has 2 heterocycles. The van der Waals surface area contributed by atoms with Crippen LogP contribution in [0.2, 0.25) is 5.02 Å². The number of aromatic nitrogens is 2. The van der Waals surface area contributed by atoms with E-state index < -0.39 is 6.04 Å². The van der Waals surface area contributed by atoms with Crippen molar-refractivity contribution in [3.8, 4) is 0 Å². The SMILES string of the molecule is Cc1cc(C)nc(SCC(=O)N(C)C2CCN(c3ccccc3Cl)C2=O)n1. The number of hydrogen-bond donors (Lipinski definition) is 0. The van der Waals surface area contributed by atoms with Gasteiger partial charge < -0.3 is 9.80 Å². The largest absolute Gasteiger partial charge is 0.333 e. The highest BCUT2D eigenvalue weighted by Crippen LogP contribution is 2.30. The second kappa shape index (κ2) is 8.27. The molecule has 0 aliphatic carbocycles. The van der Waals surface area contributed by atoms with Crippen molar-refractivity contribution in [3.05, 3.63) is 46.7 Å². The third-order valence-corrected chi connectivity index (χ3v) is 5.62. The Hall–Kier alpha value is -2.12. The van der Waals surface area contributed by atoms with Crippen molar-refractivity contribution in [1.29, 1.82) is 0 Å². The molecule has 0 bridgehead atoms. The first-order valence-electron chi connectivity index (χ1n) is 8.63. The molecule has 2 amide bonds. The highest BCUT2D eigenvalue weighted by molar-refractivity contribution is 7.99. The van der Waals surface area contributed by atoms with Gasteiger partial charge in [-0.15, -0.1) is 0 Å². The Morgan fingerprint density at radius 3 is 2.63 bits per heavy atom. The lowest BCUT2D eigenvalue weighted by Crippen LogP contribution is -2.43. The number of para-hydroxylation sites is 1. The molecule has 1 unspecified atom stereocenters. The van der Waals surface area contributed by atoms with Crippen LogP contribution in [0.15, 0.2) is 35.5 Å². The highest BCUT2D eigenvalue weighted by atomic mass is 35.5.